The zero-order valence-electron chi connectivity index (χ0n) is 21.5. The van der Waals surface area contributed by atoms with Crippen molar-refractivity contribution < 1.29 is 9.47 Å². The van der Waals surface area contributed by atoms with Crippen molar-refractivity contribution in [1.29, 1.82) is 0 Å². The smallest absolute Gasteiger partial charge is 0.247 e. The number of anilines is 2. The van der Waals surface area contributed by atoms with Gasteiger partial charge in [-0.1, -0.05) is 18.2 Å². The molecular formula is C29H31N7O2. The molecule has 5 aromatic rings. The fourth-order valence-corrected chi connectivity index (χ4v) is 4.78. The van der Waals surface area contributed by atoms with Crippen molar-refractivity contribution in [3.05, 3.63) is 84.7 Å². The van der Waals surface area contributed by atoms with E-state index in [1.807, 2.05) is 82.3 Å². The summed E-state index contributed by atoms with van der Waals surface area (Å²) >= 11 is 0. The predicted molar refractivity (Wildman–Crippen MR) is 147 cm³/mol. The Morgan fingerprint density at radius 3 is 2.63 bits per heavy atom. The van der Waals surface area contributed by atoms with Crippen LogP contribution < -0.4 is 14.8 Å². The maximum atomic E-state index is 5.92. The van der Waals surface area contributed by atoms with Crippen LogP contribution in [0, 0.1) is 0 Å². The molecule has 1 N–H and O–H groups in total. The highest BCUT2D eigenvalue weighted by atomic mass is 16.5. The third-order valence-corrected chi connectivity index (χ3v) is 6.75. The first-order chi connectivity index (χ1) is 18.7. The Morgan fingerprint density at radius 2 is 1.79 bits per heavy atom. The summed E-state index contributed by atoms with van der Waals surface area (Å²) in [6.07, 6.45) is 6.47. The van der Waals surface area contributed by atoms with E-state index in [0.717, 1.165) is 46.2 Å². The van der Waals surface area contributed by atoms with E-state index in [0.29, 0.717) is 19.1 Å². The molecule has 0 spiro atoms. The van der Waals surface area contributed by atoms with Crippen molar-refractivity contribution in [3.63, 3.8) is 0 Å². The van der Waals surface area contributed by atoms with Crippen molar-refractivity contribution in [1.82, 2.24) is 29.3 Å². The number of ether oxygens (including phenoxy) is 2. The molecule has 1 fully saturated rings. The molecule has 2 aromatic carbocycles. The molecule has 9 nitrogen and oxygen atoms in total. The summed E-state index contributed by atoms with van der Waals surface area (Å²) in [5.74, 6) is 2.23. The maximum absolute atomic E-state index is 5.92. The van der Waals surface area contributed by atoms with Crippen LogP contribution >= 0.6 is 0 Å². The van der Waals surface area contributed by atoms with Crippen molar-refractivity contribution in [2.75, 3.05) is 38.7 Å². The topological polar surface area (TPSA) is 81.7 Å². The standard InChI is InChI=1S/C29H31N7O2/c1-37-26-7-4-6-22(18-26)20-35-21-23(19-30-35)27-8-5-9-28-32-29(33-36(27)28)31-24-10-12-25(13-11-24)38-17-16-34-14-2-3-15-34/h4-13,18-19,21H,2-3,14-17,20H2,1H3,(H,31,33). The average Bonchev–Trinajstić information content (AvgIpc) is 3.71. The molecule has 4 heterocycles. The molecule has 0 unspecified atom stereocenters. The van der Waals surface area contributed by atoms with Crippen LogP contribution in [0.3, 0.4) is 0 Å². The minimum atomic E-state index is 0.531. The second-order valence-electron chi connectivity index (χ2n) is 9.44. The number of nitrogens with one attached hydrogen (secondary N) is 1. The van der Waals surface area contributed by atoms with Crippen LogP contribution in [0.4, 0.5) is 11.6 Å². The van der Waals surface area contributed by atoms with E-state index in [2.05, 4.69) is 26.4 Å². The molecule has 9 heteroatoms. The van der Waals surface area contributed by atoms with Crippen LogP contribution in [-0.2, 0) is 6.54 Å². The van der Waals surface area contributed by atoms with E-state index in [4.69, 9.17) is 14.6 Å². The molecule has 1 aliphatic rings. The summed E-state index contributed by atoms with van der Waals surface area (Å²) < 4.78 is 15.0. The third kappa shape index (κ3) is 5.47. The molecule has 0 amide bonds. The lowest BCUT2D eigenvalue weighted by molar-refractivity contribution is 0.238. The quantitative estimate of drug-likeness (QED) is 0.288. The summed E-state index contributed by atoms with van der Waals surface area (Å²) in [4.78, 5) is 7.12. The Balaban J connectivity index is 1.13. The lowest BCUT2D eigenvalue weighted by Gasteiger charge is -2.15. The molecule has 0 bridgehead atoms. The monoisotopic (exact) mass is 509 g/mol. The Labute approximate surface area is 221 Å². The van der Waals surface area contributed by atoms with Gasteiger partial charge in [0.2, 0.25) is 5.95 Å². The zero-order valence-corrected chi connectivity index (χ0v) is 21.5. The fraction of sp³-hybridized carbons (Fsp3) is 0.276. The molecule has 0 radical (unpaired) electrons. The van der Waals surface area contributed by atoms with Crippen molar-refractivity contribution in [3.8, 4) is 22.8 Å². The number of aromatic nitrogens is 5. The number of benzene rings is 2. The highest BCUT2D eigenvalue weighted by Gasteiger charge is 2.12. The Kier molecular flexibility index (Phi) is 6.91. The van der Waals surface area contributed by atoms with Gasteiger partial charge < -0.3 is 14.8 Å². The first-order valence-electron chi connectivity index (χ1n) is 13.0. The number of fused-ring (bicyclic) bond motifs is 1. The fourth-order valence-electron chi connectivity index (χ4n) is 4.78. The summed E-state index contributed by atoms with van der Waals surface area (Å²) in [5, 5.41) is 12.6. The molecule has 0 aliphatic carbocycles. The second-order valence-corrected chi connectivity index (χ2v) is 9.44. The summed E-state index contributed by atoms with van der Waals surface area (Å²) in [6.45, 7) is 4.71. The number of rotatable bonds is 10. The van der Waals surface area contributed by atoms with Crippen molar-refractivity contribution in [2.24, 2.45) is 0 Å². The van der Waals surface area contributed by atoms with E-state index in [1.165, 1.54) is 25.9 Å². The highest BCUT2D eigenvalue weighted by molar-refractivity contribution is 5.64. The number of hydrogen-bond acceptors (Lipinski definition) is 7. The summed E-state index contributed by atoms with van der Waals surface area (Å²) in [5.41, 5.74) is 4.66. The molecule has 3 aromatic heterocycles. The van der Waals surface area contributed by atoms with Crippen LogP contribution in [-0.4, -0.2) is 62.6 Å². The molecule has 194 valence electrons. The van der Waals surface area contributed by atoms with Crippen LogP contribution in [0.2, 0.25) is 0 Å². The molecule has 6 rings (SSSR count). The first kappa shape index (κ1) is 24.0. The minimum absolute atomic E-state index is 0.531. The zero-order chi connectivity index (χ0) is 25.7. The van der Waals surface area contributed by atoms with E-state index in [1.54, 1.807) is 7.11 Å². The SMILES string of the molecule is COc1cccc(Cn2cc(-c3cccc4nc(Nc5ccc(OCCN6CCCC6)cc5)nn34)cn2)c1. The van der Waals surface area contributed by atoms with Gasteiger partial charge >= 0.3 is 0 Å². The van der Waals surface area contributed by atoms with Gasteiger partial charge in [-0.25, -0.2) is 4.52 Å². The third-order valence-electron chi connectivity index (χ3n) is 6.75. The van der Waals surface area contributed by atoms with Crippen molar-refractivity contribution >= 4 is 17.3 Å². The van der Waals surface area contributed by atoms with Gasteiger partial charge in [0.25, 0.3) is 0 Å². The lowest BCUT2D eigenvalue weighted by Crippen LogP contribution is -2.25. The number of methoxy groups -OCH3 is 1. The molecule has 38 heavy (non-hydrogen) atoms. The van der Waals surface area contributed by atoms with Crippen LogP contribution in [0.5, 0.6) is 11.5 Å². The second kappa shape index (κ2) is 10.9. The Morgan fingerprint density at radius 1 is 0.947 bits per heavy atom. The van der Waals surface area contributed by atoms with E-state index >= 15 is 0 Å². The average molecular weight is 510 g/mol. The first-order valence-corrected chi connectivity index (χ1v) is 13.0. The van der Waals surface area contributed by atoms with E-state index in [9.17, 15) is 0 Å². The van der Waals surface area contributed by atoms with Gasteiger partial charge in [0.05, 0.1) is 25.5 Å². The van der Waals surface area contributed by atoms with Crippen LogP contribution in [0.1, 0.15) is 18.4 Å². The van der Waals surface area contributed by atoms with Crippen molar-refractivity contribution in [2.45, 2.75) is 19.4 Å². The van der Waals surface area contributed by atoms with E-state index < -0.39 is 0 Å². The minimum Gasteiger partial charge on any atom is -0.497 e. The molecule has 1 aliphatic heterocycles. The molecule has 0 saturated carbocycles. The lowest BCUT2D eigenvalue weighted by atomic mass is 10.2. The molecule has 0 atom stereocenters. The van der Waals surface area contributed by atoms with Crippen LogP contribution in [0.25, 0.3) is 16.9 Å². The van der Waals surface area contributed by atoms with Gasteiger partial charge in [0.1, 0.15) is 18.1 Å². The van der Waals surface area contributed by atoms with Gasteiger partial charge in [0.15, 0.2) is 5.65 Å². The summed E-state index contributed by atoms with van der Waals surface area (Å²) in [6, 6.07) is 21.9. The van der Waals surface area contributed by atoms with Gasteiger partial charge in [-0.05, 0) is 80.0 Å². The normalized spacial score (nSPS) is 13.7. The molecule has 1 saturated heterocycles. The van der Waals surface area contributed by atoms with Gasteiger partial charge in [-0.15, -0.1) is 5.10 Å². The maximum Gasteiger partial charge on any atom is 0.247 e. The number of nitrogens with zero attached hydrogens (tertiary/aromatic N) is 6. The van der Waals surface area contributed by atoms with Crippen LogP contribution in [0.15, 0.2) is 79.1 Å². The number of likely N-dealkylation sites (tertiary alicyclic amines) is 1. The Hall–Kier alpha value is -4.37. The van der Waals surface area contributed by atoms with Gasteiger partial charge in [-0.2, -0.15) is 10.1 Å². The number of pyridine rings is 1. The largest absolute Gasteiger partial charge is 0.497 e. The van der Waals surface area contributed by atoms with Gasteiger partial charge in [0, 0.05) is 24.0 Å². The Bertz CT molecular complexity index is 1500. The predicted octanol–water partition coefficient (Wildman–Crippen LogP) is 4.87. The molecular weight excluding hydrogens is 478 g/mol. The highest BCUT2D eigenvalue weighted by Crippen LogP contribution is 2.23. The number of hydrogen-bond donors (Lipinski definition) is 1. The summed E-state index contributed by atoms with van der Waals surface area (Å²) in [7, 11) is 1.67. The van der Waals surface area contributed by atoms with E-state index in [-0.39, 0.29) is 0 Å². The van der Waals surface area contributed by atoms with Gasteiger partial charge in [-0.3, -0.25) is 9.58 Å².